The molecule has 8 aliphatic rings. The summed E-state index contributed by atoms with van der Waals surface area (Å²) < 4.78 is 57.4. The summed E-state index contributed by atoms with van der Waals surface area (Å²) in [5, 5.41) is 7.84. The van der Waals surface area contributed by atoms with Crippen LogP contribution in [0, 0.1) is 22.7 Å². The van der Waals surface area contributed by atoms with Crippen molar-refractivity contribution in [2.45, 2.75) is 166 Å². The van der Waals surface area contributed by atoms with Crippen LogP contribution in [0.25, 0.3) is 33.4 Å². The molecule has 5 aliphatic heterocycles. The van der Waals surface area contributed by atoms with Gasteiger partial charge in [-0.2, -0.15) is 13.2 Å². The number of likely N-dealkylation sites (tertiary alicyclic amines) is 2. The van der Waals surface area contributed by atoms with Gasteiger partial charge in [0.15, 0.2) is 0 Å². The van der Waals surface area contributed by atoms with Gasteiger partial charge in [-0.1, -0.05) is 32.8 Å². The average molecular weight is 1070 g/mol. The maximum Gasteiger partial charge on any atom is 0.406 e. The van der Waals surface area contributed by atoms with Crippen molar-refractivity contribution in [1.29, 1.82) is 0 Å². The molecule has 0 radical (unpaired) electrons. The lowest BCUT2D eigenvalue weighted by molar-refractivity contribution is -0.155. The molecule has 408 valence electrons. The van der Waals surface area contributed by atoms with E-state index in [0.717, 1.165) is 64.7 Å². The normalized spacial score (nSPS) is 28.0. The Kier molecular flexibility index (Phi) is 13.7. The smallest absolute Gasteiger partial charge is 0.406 e. The molecule has 4 aromatic rings. The summed E-state index contributed by atoms with van der Waals surface area (Å²) in [5.74, 6) is -0.0188. The van der Waals surface area contributed by atoms with Crippen molar-refractivity contribution in [3.05, 3.63) is 58.2 Å². The molecule has 7 atom stereocenters. The van der Waals surface area contributed by atoms with Crippen LogP contribution >= 0.6 is 11.3 Å². The van der Waals surface area contributed by atoms with E-state index in [9.17, 15) is 27.6 Å². The first-order chi connectivity index (χ1) is 36.5. The van der Waals surface area contributed by atoms with E-state index < -0.39 is 48.3 Å². The molecule has 12 rings (SSSR count). The zero-order chi connectivity index (χ0) is 52.8. The summed E-state index contributed by atoms with van der Waals surface area (Å²) in [5.41, 5.74) is 5.99. The SMILES string of the molecule is CO[C@@H](C)c1ncccc1-c1c2c3cc(ccc3n1CC(F)(F)F)-c1csc(n1)C[C@H](NC(=O)C(C1CCCC1)N1CCCC3(CN(C(=O)[C@H]4C(C5CC5)N4C4CC4)C3)C1)C(=O)N1CCC[C@H](N1)C(=O)OCC(C)(C)C2. The Morgan fingerprint density at radius 3 is 2.53 bits per heavy atom. The molecular formula is C57H72F3N9O6S. The van der Waals surface area contributed by atoms with Gasteiger partial charge < -0.3 is 24.3 Å². The highest BCUT2D eigenvalue weighted by molar-refractivity contribution is 7.10. The average Bonchev–Trinajstić information content (AvgIpc) is 4.37. The van der Waals surface area contributed by atoms with E-state index in [1.807, 2.05) is 32.2 Å². The lowest BCUT2D eigenvalue weighted by atomic mass is 9.72. The van der Waals surface area contributed by atoms with Gasteiger partial charge in [0.25, 0.3) is 5.91 Å². The Hall–Kier alpha value is -4.95. The molecule has 3 saturated carbocycles. The van der Waals surface area contributed by atoms with E-state index in [4.69, 9.17) is 14.5 Å². The van der Waals surface area contributed by atoms with Crippen molar-refractivity contribution in [3.63, 3.8) is 0 Å². The number of cyclic esters (lactones) is 1. The Morgan fingerprint density at radius 2 is 1.79 bits per heavy atom. The zero-order valence-corrected chi connectivity index (χ0v) is 45.0. The Balaban J connectivity index is 0.859. The van der Waals surface area contributed by atoms with Gasteiger partial charge in [0.05, 0.1) is 40.8 Å². The molecule has 3 aromatic heterocycles. The molecule has 76 heavy (non-hydrogen) atoms. The van der Waals surface area contributed by atoms with E-state index in [1.54, 1.807) is 30.5 Å². The number of pyridine rings is 1. The number of alkyl halides is 3. The van der Waals surface area contributed by atoms with Gasteiger partial charge in [0, 0.05) is 96.2 Å². The monoisotopic (exact) mass is 1070 g/mol. The highest BCUT2D eigenvalue weighted by atomic mass is 32.1. The predicted molar refractivity (Wildman–Crippen MR) is 280 cm³/mol. The number of carbonyl (C=O) groups excluding carboxylic acids is 4. The maximum absolute atomic E-state index is 15.2. The molecule has 2 N–H and O–H groups in total. The van der Waals surface area contributed by atoms with Crippen LogP contribution in [0.5, 0.6) is 0 Å². The fourth-order valence-electron chi connectivity index (χ4n) is 14.0. The number of rotatable bonds is 11. The Morgan fingerprint density at radius 1 is 1.00 bits per heavy atom. The molecule has 15 nitrogen and oxygen atoms in total. The molecule has 19 heteroatoms. The topological polar surface area (TPSA) is 154 Å². The van der Waals surface area contributed by atoms with Crippen LogP contribution in [-0.4, -0.2) is 147 Å². The fraction of sp³-hybridized carbons (Fsp3) is 0.649. The molecule has 3 aliphatic carbocycles. The number of methoxy groups -OCH3 is 1. The second-order valence-corrected chi connectivity index (χ2v) is 25.4. The summed E-state index contributed by atoms with van der Waals surface area (Å²) in [4.78, 5) is 75.0. The maximum atomic E-state index is 15.2. The van der Waals surface area contributed by atoms with E-state index in [0.29, 0.717) is 93.0 Å². The van der Waals surface area contributed by atoms with Gasteiger partial charge in [-0.3, -0.25) is 39.0 Å². The minimum Gasteiger partial charge on any atom is -0.464 e. The van der Waals surface area contributed by atoms with E-state index >= 15 is 4.79 Å². The predicted octanol–water partition coefficient (Wildman–Crippen LogP) is 7.85. The van der Waals surface area contributed by atoms with Crippen LogP contribution in [0.4, 0.5) is 13.2 Å². The van der Waals surface area contributed by atoms with Crippen LogP contribution in [0.2, 0.25) is 0 Å². The van der Waals surface area contributed by atoms with Crippen molar-refractivity contribution in [2.24, 2.45) is 22.7 Å². The Labute approximate surface area is 446 Å². The molecule has 1 spiro atoms. The van der Waals surface area contributed by atoms with Crippen molar-refractivity contribution in [3.8, 4) is 22.5 Å². The number of amides is 3. The van der Waals surface area contributed by atoms with Gasteiger partial charge >= 0.3 is 12.1 Å². The highest BCUT2D eigenvalue weighted by Crippen LogP contribution is 2.54. The molecular weight excluding hydrogens is 996 g/mol. The molecule has 3 unspecified atom stereocenters. The number of piperidine rings is 1. The number of aromatic nitrogens is 3. The van der Waals surface area contributed by atoms with Gasteiger partial charge in [-0.05, 0) is 126 Å². The number of ether oxygens (including phenoxy) is 2. The van der Waals surface area contributed by atoms with Gasteiger partial charge in [0.2, 0.25) is 11.8 Å². The molecule has 7 fully saturated rings. The largest absolute Gasteiger partial charge is 0.464 e. The first-order valence-corrected chi connectivity index (χ1v) is 28.8. The quantitative estimate of drug-likeness (QED) is 0.112. The van der Waals surface area contributed by atoms with Crippen LogP contribution < -0.4 is 10.7 Å². The van der Waals surface area contributed by atoms with Crippen molar-refractivity contribution < 1.29 is 41.8 Å². The van der Waals surface area contributed by atoms with Crippen molar-refractivity contribution in [1.82, 2.24) is 45.0 Å². The third-order valence-electron chi connectivity index (χ3n) is 18.0. The van der Waals surface area contributed by atoms with Crippen LogP contribution in [-0.2, 0) is 48.0 Å². The molecule has 6 bridgehead atoms. The van der Waals surface area contributed by atoms with Crippen molar-refractivity contribution >= 4 is 45.9 Å². The summed E-state index contributed by atoms with van der Waals surface area (Å²) >= 11 is 1.36. The number of nitrogens with zero attached hydrogens (tertiary/aromatic N) is 7. The van der Waals surface area contributed by atoms with Gasteiger partial charge in [0.1, 0.15) is 24.7 Å². The number of nitrogens with one attached hydrogen (secondary N) is 2. The Bertz CT molecular complexity index is 2870. The number of thiazole rings is 1. The first-order valence-electron chi connectivity index (χ1n) is 28.0. The van der Waals surface area contributed by atoms with E-state index in [2.05, 4.69) is 30.4 Å². The standard InChI is InChI=1S/C57H72F3N9O6S/c1-33(74-4)46-38(12-7-21-61-46)49-40-26-55(2,3)32-75-54(73)41-13-8-23-68(64-41)52(71)42(25-45-62-43(27-76-45)36-16-19-44(39(40)24-36)67(49)31-57(58,59)60)63-51(70)48(34-10-5-6-11-34)65-22-9-20-56(28-65)29-66(30-56)53(72)50-47(35-14-15-35)69(50)37-17-18-37/h7,12,16,19,21,24,27,33-35,37,41-42,47-48,50,64H,5-6,8-11,13-15,17-18,20,22-23,25-26,28-32H2,1-4H3,(H,63,70)/t33-,41-,42-,47?,48?,50+,69?/m0/s1. The molecule has 8 heterocycles. The van der Waals surface area contributed by atoms with Gasteiger partial charge in [-0.25, -0.2) is 10.4 Å². The summed E-state index contributed by atoms with van der Waals surface area (Å²) in [6, 6.07) is 7.60. The number of hydrazine groups is 1. The fourth-order valence-corrected chi connectivity index (χ4v) is 14.8. The molecule has 1 aromatic carbocycles. The minimum absolute atomic E-state index is 0.0483. The third kappa shape index (κ3) is 10.2. The summed E-state index contributed by atoms with van der Waals surface area (Å²) in [6.45, 7) is 7.60. The van der Waals surface area contributed by atoms with Crippen LogP contribution in [0.3, 0.4) is 0 Å². The minimum atomic E-state index is -4.57. The number of halogens is 3. The van der Waals surface area contributed by atoms with Crippen molar-refractivity contribution in [2.75, 3.05) is 46.4 Å². The summed E-state index contributed by atoms with van der Waals surface area (Å²) in [7, 11) is 1.54. The number of hydrogen-bond acceptors (Lipinski definition) is 12. The highest BCUT2D eigenvalue weighted by Gasteiger charge is 2.65. The lowest BCUT2D eigenvalue weighted by Gasteiger charge is -2.56. The molecule has 3 amide bonds. The third-order valence-corrected chi connectivity index (χ3v) is 18.8. The summed E-state index contributed by atoms with van der Waals surface area (Å²) in [6.07, 6.45) is 8.46. The molecule has 4 saturated heterocycles. The number of fused-ring (bicyclic) bond motifs is 6. The van der Waals surface area contributed by atoms with E-state index in [1.165, 1.54) is 53.7 Å². The number of esters is 1. The number of hydrogen-bond donors (Lipinski definition) is 2. The number of benzene rings is 1. The lowest BCUT2D eigenvalue weighted by Crippen LogP contribution is -2.68. The zero-order valence-electron chi connectivity index (χ0n) is 44.2. The van der Waals surface area contributed by atoms with Crippen LogP contribution in [0.15, 0.2) is 41.9 Å². The van der Waals surface area contributed by atoms with Crippen LogP contribution in [0.1, 0.15) is 120 Å². The second kappa shape index (κ2) is 20.1. The number of carbonyl (C=O) groups is 4. The first kappa shape index (κ1) is 51.8. The van der Waals surface area contributed by atoms with Gasteiger partial charge in [-0.15, -0.1) is 11.3 Å². The van der Waals surface area contributed by atoms with E-state index in [-0.39, 0.29) is 48.6 Å². The second-order valence-electron chi connectivity index (χ2n) is 24.4.